The van der Waals surface area contributed by atoms with E-state index in [4.69, 9.17) is 0 Å². The van der Waals surface area contributed by atoms with Gasteiger partial charge in [-0.15, -0.1) is 0 Å². The van der Waals surface area contributed by atoms with Crippen LogP contribution in [-0.2, 0) is 0 Å². The minimum absolute atomic E-state index is 0. The van der Waals surface area contributed by atoms with Crippen molar-refractivity contribution in [2.45, 2.75) is 0 Å². The Morgan fingerprint density at radius 1 is 0.375 bits per heavy atom. The van der Waals surface area contributed by atoms with E-state index >= 15 is 0 Å². The second-order valence-electron chi connectivity index (χ2n) is 0. The van der Waals surface area contributed by atoms with Gasteiger partial charge in [0.2, 0.25) is 0 Å². The quantitative estimate of drug-likeness (QED) is 0.246. The first-order valence-electron chi connectivity index (χ1n) is 0. The summed E-state index contributed by atoms with van der Waals surface area (Å²) in [6, 6.07) is 0. The third-order valence-electron chi connectivity index (χ3n) is 0. The molecule has 0 aliphatic carbocycles. The van der Waals surface area contributed by atoms with Gasteiger partial charge in [0, 0.05) is 0 Å². The van der Waals surface area contributed by atoms with Crippen LogP contribution >= 0.6 is 0 Å². The maximum absolute atomic E-state index is 0. The van der Waals surface area contributed by atoms with Crippen molar-refractivity contribution in [1.82, 2.24) is 0 Å². The van der Waals surface area contributed by atoms with Crippen LogP contribution in [0.15, 0.2) is 0 Å². The van der Waals surface area contributed by atoms with Gasteiger partial charge in [-0.25, -0.2) is 0 Å². The zero-order valence-electron chi connectivity index (χ0n) is 4.39. The number of hydrogen-bond acceptors (Lipinski definition) is 0. The molecule has 0 aromatic heterocycles. The summed E-state index contributed by atoms with van der Waals surface area (Å²) in [5.74, 6) is 0. The van der Waals surface area contributed by atoms with E-state index < -0.39 is 0 Å². The van der Waals surface area contributed by atoms with Crippen molar-refractivity contribution in [3.63, 3.8) is 0 Å². The fourth-order valence-electron chi connectivity index (χ4n) is 0. The van der Waals surface area contributed by atoms with Crippen molar-refractivity contribution in [3.8, 4) is 0 Å². The van der Waals surface area contributed by atoms with Crippen LogP contribution in [0.1, 0.15) is 0 Å². The number of halogens is 6. The van der Waals surface area contributed by atoms with Crippen LogP contribution in [0.3, 0.4) is 0 Å². The fourth-order valence-corrected chi connectivity index (χ4v) is 0. The summed E-state index contributed by atoms with van der Waals surface area (Å²) in [7, 11) is 0. The fraction of sp³-hybridized carbons (Fsp3) is 0. The molecule has 0 saturated carbocycles. The van der Waals surface area contributed by atoms with Crippen molar-refractivity contribution in [1.29, 1.82) is 0 Å². The Morgan fingerprint density at radius 2 is 0.375 bits per heavy atom. The Kier molecular flexibility index (Phi) is 6970. The van der Waals surface area contributed by atoms with Gasteiger partial charge in [-0.05, 0) is 0 Å². The van der Waals surface area contributed by atoms with E-state index in [1.807, 2.05) is 0 Å². The Morgan fingerprint density at radius 3 is 0.375 bits per heavy atom. The minimum Gasteiger partial charge on any atom is -1.00 e. The standard InChI is InChI=1S/6FH.2Na/h6*1H;;/q;;;;;;2*+1/p-2. The van der Waals surface area contributed by atoms with E-state index in [0.29, 0.717) is 0 Å². The van der Waals surface area contributed by atoms with Gasteiger partial charge in [0.05, 0.1) is 0 Å². The molecule has 0 aromatic rings. The topological polar surface area (TPSA) is 0 Å². The summed E-state index contributed by atoms with van der Waals surface area (Å²) in [4.78, 5) is 0. The molecule has 0 aliphatic heterocycles. The predicted molar refractivity (Wildman–Crippen MR) is 10.0 cm³/mol. The molecule has 0 nitrogen and oxygen atoms in total. The first-order chi connectivity index (χ1) is 0. The minimum atomic E-state index is 0. The normalized spacial score (nSPS) is 0. The summed E-state index contributed by atoms with van der Waals surface area (Å²) in [6.07, 6.45) is 0. The molecular weight excluding hydrogens is 160 g/mol. The van der Waals surface area contributed by atoms with Gasteiger partial charge in [-0.2, -0.15) is 0 Å². The Labute approximate surface area is 86.6 Å². The van der Waals surface area contributed by atoms with Crippen LogP contribution in [-0.4, -0.2) is 0 Å². The van der Waals surface area contributed by atoms with E-state index in [0.717, 1.165) is 0 Å². The summed E-state index contributed by atoms with van der Waals surface area (Å²) < 4.78 is 0. The van der Waals surface area contributed by atoms with Crippen LogP contribution in [0.25, 0.3) is 0 Å². The molecule has 0 unspecified atom stereocenters. The average Bonchev–Trinajstić information content (AvgIpc) is 0. The van der Waals surface area contributed by atoms with Crippen molar-refractivity contribution < 1.29 is 87.3 Å². The summed E-state index contributed by atoms with van der Waals surface area (Å²) in [5.41, 5.74) is 0. The second-order valence-corrected chi connectivity index (χ2v) is 0. The maximum atomic E-state index is 0. The second kappa shape index (κ2) is 197. The van der Waals surface area contributed by atoms with E-state index in [1.165, 1.54) is 0 Å². The molecule has 0 N–H and O–H groups in total. The van der Waals surface area contributed by atoms with E-state index in [-0.39, 0.29) is 87.3 Å². The Hall–Kier alpha value is 1.58. The molecule has 0 atom stereocenters. The molecule has 0 saturated heterocycles. The van der Waals surface area contributed by atoms with Gasteiger partial charge in [0.25, 0.3) is 0 Å². The summed E-state index contributed by atoms with van der Waals surface area (Å²) in [6.45, 7) is 0. The molecule has 0 bridgehead atoms. The molecule has 0 amide bonds. The van der Waals surface area contributed by atoms with Crippen molar-refractivity contribution >= 4 is 0 Å². The predicted octanol–water partition coefficient (Wildman–Crippen LogP) is -11.4. The third kappa shape index (κ3) is 131. The molecule has 8 heavy (non-hydrogen) atoms. The molecule has 0 aliphatic rings. The van der Waals surface area contributed by atoms with Crippen LogP contribution in [0.5, 0.6) is 0 Å². The van der Waals surface area contributed by atoms with Crippen molar-refractivity contribution in [2.24, 2.45) is 0 Å². The monoisotopic (exact) mass is 164 g/mol. The average molecular weight is 164 g/mol. The number of hydrogen-bond donors (Lipinski definition) is 0. The molecule has 0 radical (unpaired) electrons. The molecule has 48 valence electrons. The van der Waals surface area contributed by atoms with Gasteiger partial charge in [0.15, 0.2) is 0 Å². The Balaban J connectivity index is 0. The molecule has 0 fully saturated rings. The SMILES string of the molecule is F.F.F.F.[F-].[F-].[Na+].[Na+]. The smallest absolute Gasteiger partial charge is 1.00 e. The zero-order valence-corrected chi connectivity index (χ0v) is 8.39. The van der Waals surface area contributed by atoms with E-state index in [9.17, 15) is 0 Å². The molecule has 8 heteroatoms. The Bertz CT molecular complexity index is 6.49. The van der Waals surface area contributed by atoms with Crippen LogP contribution in [0.2, 0.25) is 0 Å². The first kappa shape index (κ1) is 283. The largest absolute Gasteiger partial charge is 1.00 e. The maximum Gasteiger partial charge on any atom is 1.00 e. The molecule has 0 spiro atoms. The van der Waals surface area contributed by atoms with Crippen molar-refractivity contribution in [2.75, 3.05) is 0 Å². The van der Waals surface area contributed by atoms with Gasteiger partial charge < -0.3 is 9.41 Å². The summed E-state index contributed by atoms with van der Waals surface area (Å²) >= 11 is 0. The van der Waals surface area contributed by atoms with Gasteiger partial charge in [-0.3, -0.25) is 18.8 Å². The third-order valence-corrected chi connectivity index (χ3v) is 0. The van der Waals surface area contributed by atoms with Crippen LogP contribution < -0.4 is 68.5 Å². The van der Waals surface area contributed by atoms with E-state index in [2.05, 4.69) is 0 Å². The molecular formula is H4F6Na2. The first-order valence-corrected chi connectivity index (χ1v) is 0. The summed E-state index contributed by atoms with van der Waals surface area (Å²) in [5, 5.41) is 0. The van der Waals surface area contributed by atoms with Crippen LogP contribution in [0, 0.1) is 0 Å². The van der Waals surface area contributed by atoms with Gasteiger partial charge >= 0.3 is 59.1 Å². The molecule has 0 rings (SSSR count). The van der Waals surface area contributed by atoms with E-state index in [1.54, 1.807) is 0 Å². The molecule has 0 aromatic carbocycles. The van der Waals surface area contributed by atoms with Crippen molar-refractivity contribution in [3.05, 3.63) is 0 Å². The van der Waals surface area contributed by atoms with Gasteiger partial charge in [-0.1, -0.05) is 0 Å². The van der Waals surface area contributed by atoms with Crippen LogP contribution in [0.4, 0.5) is 18.8 Å². The zero-order chi connectivity index (χ0) is 0. The van der Waals surface area contributed by atoms with Gasteiger partial charge in [0.1, 0.15) is 0 Å². The number of rotatable bonds is 0. The molecule has 0 heterocycles.